The number of benzene rings is 1. The highest BCUT2D eigenvalue weighted by Gasteiger charge is 2.28. The number of guanidine groups is 1. The molecule has 0 saturated heterocycles. The van der Waals surface area contributed by atoms with Crippen molar-refractivity contribution in [2.24, 2.45) is 10.9 Å². The van der Waals surface area contributed by atoms with E-state index in [2.05, 4.69) is 59.1 Å². The smallest absolute Gasteiger partial charge is 0.223 e. The molecule has 0 heterocycles. The van der Waals surface area contributed by atoms with Gasteiger partial charge in [-0.3, -0.25) is 9.79 Å². The van der Waals surface area contributed by atoms with E-state index in [4.69, 9.17) is 0 Å². The van der Waals surface area contributed by atoms with Crippen molar-refractivity contribution < 1.29 is 4.79 Å². The zero-order chi connectivity index (χ0) is 16.7. The number of hydrogen-bond acceptors (Lipinski definition) is 2. The van der Waals surface area contributed by atoms with Crippen LogP contribution in [0.1, 0.15) is 36.8 Å². The zero-order valence-electron chi connectivity index (χ0n) is 14.4. The maximum absolute atomic E-state index is 11.5. The van der Waals surface area contributed by atoms with Gasteiger partial charge in [-0.15, -0.1) is 0 Å². The van der Waals surface area contributed by atoms with Crippen LogP contribution in [0.5, 0.6) is 0 Å². The van der Waals surface area contributed by atoms with Crippen molar-refractivity contribution in [3.63, 3.8) is 0 Å². The summed E-state index contributed by atoms with van der Waals surface area (Å²) in [4.78, 5) is 15.7. The lowest BCUT2D eigenvalue weighted by atomic mass is 10.0. The number of carbonyl (C=O) groups excluding carboxylic acids is 1. The third-order valence-corrected chi connectivity index (χ3v) is 4.11. The summed E-state index contributed by atoms with van der Waals surface area (Å²) < 4.78 is 0. The summed E-state index contributed by atoms with van der Waals surface area (Å²) in [5.74, 6) is 1.62. The standard InChI is InChI=1S/C18H28N4O/c1-13-4-6-15(7-5-13)14(2)12-22-18(19-3)21-11-10-20-17(23)16-8-9-16/h4-7,14,16H,8-12H2,1-3H3,(H,20,23)(H2,19,21,22). The first-order valence-electron chi connectivity index (χ1n) is 8.39. The Labute approximate surface area is 139 Å². The van der Waals surface area contributed by atoms with Crippen LogP contribution in [0.3, 0.4) is 0 Å². The number of aryl methyl sites for hydroxylation is 1. The molecule has 5 heteroatoms. The minimum absolute atomic E-state index is 0.183. The molecule has 3 N–H and O–H groups in total. The summed E-state index contributed by atoms with van der Waals surface area (Å²) in [7, 11) is 1.76. The highest BCUT2D eigenvalue weighted by atomic mass is 16.2. The summed E-state index contributed by atoms with van der Waals surface area (Å²) in [6, 6.07) is 8.62. The summed E-state index contributed by atoms with van der Waals surface area (Å²) in [6.07, 6.45) is 2.08. The fourth-order valence-electron chi connectivity index (χ4n) is 2.34. The number of rotatable bonds is 7. The average molecular weight is 316 g/mol. The van der Waals surface area contributed by atoms with E-state index in [0.29, 0.717) is 19.0 Å². The van der Waals surface area contributed by atoms with Gasteiger partial charge >= 0.3 is 0 Å². The summed E-state index contributed by atoms with van der Waals surface area (Å²) in [5.41, 5.74) is 2.59. The van der Waals surface area contributed by atoms with Crippen LogP contribution in [0.25, 0.3) is 0 Å². The van der Waals surface area contributed by atoms with Gasteiger partial charge in [-0.1, -0.05) is 36.8 Å². The number of nitrogens with one attached hydrogen (secondary N) is 3. The minimum atomic E-state index is 0.183. The molecule has 1 unspecified atom stereocenters. The minimum Gasteiger partial charge on any atom is -0.356 e. The fourth-order valence-corrected chi connectivity index (χ4v) is 2.34. The predicted octanol–water partition coefficient (Wildman–Crippen LogP) is 1.79. The van der Waals surface area contributed by atoms with Crippen molar-refractivity contribution in [2.45, 2.75) is 32.6 Å². The number of hydrogen-bond donors (Lipinski definition) is 3. The SMILES string of the molecule is CN=C(NCCNC(=O)C1CC1)NCC(C)c1ccc(C)cc1. The molecule has 1 fully saturated rings. The van der Waals surface area contributed by atoms with Gasteiger partial charge in [0.15, 0.2) is 5.96 Å². The quantitative estimate of drug-likeness (QED) is 0.408. The highest BCUT2D eigenvalue weighted by molar-refractivity contribution is 5.81. The van der Waals surface area contributed by atoms with E-state index in [9.17, 15) is 4.79 Å². The maximum Gasteiger partial charge on any atom is 0.223 e. The van der Waals surface area contributed by atoms with Gasteiger partial charge in [0.1, 0.15) is 0 Å². The molecule has 0 aromatic heterocycles. The first-order valence-corrected chi connectivity index (χ1v) is 8.39. The van der Waals surface area contributed by atoms with Gasteiger partial charge in [-0.2, -0.15) is 0 Å². The van der Waals surface area contributed by atoms with Crippen molar-refractivity contribution in [2.75, 3.05) is 26.7 Å². The molecule has 1 aromatic rings. The molecule has 1 atom stereocenters. The molecule has 1 saturated carbocycles. The topological polar surface area (TPSA) is 65.5 Å². The van der Waals surface area contributed by atoms with E-state index < -0.39 is 0 Å². The Morgan fingerprint density at radius 1 is 1.17 bits per heavy atom. The Morgan fingerprint density at radius 3 is 2.43 bits per heavy atom. The molecule has 1 aliphatic rings. The zero-order valence-corrected chi connectivity index (χ0v) is 14.4. The molecular weight excluding hydrogens is 288 g/mol. The van der Waals surface area contributed by atoms with Crippen molar-refractivity contribution in [1.82, 2.24) is 16.0 Å². The molecule has 23 heavy (non-hydrogen) atoms. The Hall–Kier alpha value is -2.04. The molecule has 2 rings (SSSR count). The van der Waals surface area contributed by atoms with Crippen molar-refractivity contribution in [3.8, 4) is 0 Å². The molecular formula is C18H28N4O. The number of nitrogens with zero attached hydrogens (tertiary/aromatic N) is 1. The fraction of sp³-hybridized carbons (Fsp3) is 0.556. The second-order valence-corrected chi connectivity index (χ2v) is 6.26. The predicted molar refractivity (Wildman–Crippen MR) is 94.7 cm³/mol. The number of amides is 1. The first-order chi connectivity index (χ1) is 11.1. The van der Waals surface area contributed by atoms with E-state index >= 15 is 0 Å². The molecule has 0 radical (unpaired) electrons. The molecule has 0 bridgehead atoms. The van der Waals surface area contributed by atoms with Gasteiger partial charge in [0.05, 0.1) is 0 Å². The van der Waals surface area contributed by atoms with E-state index in [1.807, 2.05) is 0 Å². The van der Waals surface area contributed by atoms with Crippen molar-refractivity contribution in [1.29, 1.82) is 0 Å². The monoisotopic (exact) mass is 316 g/mol. The summed E-state index contributed by atoms with van der Waals surface area (Å²) in [6.45, 7) is 6.42. The lowest BCUT2D eigenvalue weighted by molar-refractivity contribution is -0.122. The van der Waals surface area contributed by atoms with E-state index in [-0.39, 0.29) is 11.8 Å². The van der Waals surface area contributed by atoms with Crippen LogP contribution < -0.4 is 16.0 Å². The van der Waals surface area contributed by atoms with Gasteiger partial charge in [-0.05, 0) is 31.2 Å². The summed E-state index contributed by atoms with van der Waals surface area (Å²) >= 11 is 0. The van der Waals surface area contributed by atoms with Gasteiger partial charge in [0, 0.05) is 32.6 Å². The normalized spacial score (nSPS) is 15.9. The third kappa shape index (κ3) is 5.93. The molecule has 1 aliphatic carbocycles. The van der Waals surface area contributed by atoms with Crippen molar-refractivity contribution in [3.05, 3.63) is 35.4 Å². The summed E-state index contributed by atoms with van der Waals surface area (Å²) in [5, 5.41) is 9.49. The van der Waals surface area contributed by atoms with Crippen LogP contribution in [-0.4, -0.2) is 38.5 Å². The van der Waals surface area contributed by atoms with Crippen molar-refractivity contribution >= 4 is 11.9 Å². The maximum atomic E-state index is 11.5. The van der Waals surface area contributed by atoms with Crippen LogP contribution in [0.15, 0.2) is 29.3 Å². The van der Waals surface area contributed by atoms with Gasteiger partial charge < -0.3 is 16.0 Å². The molecule has 5 nitrogen and oxygen atoms in total. The van der Waals surface area contributed by atoms with Crippen LogP contribution in [-0.2, 0) is 4.79 Å². The Balaban J connectivity index is 1.65. The van der Waals surface area contributed by atoms with E-state index in [0.717, 1.165) is 25.3 Å². The molecule has 0 spiro atoms. The van der Waals surface area contributed by atoms with Crippen LogP contribution >= 0.6 is 0 Å². The largest absolute Gasteiger partial charge is 0.356 e. The highest BCUT2D eigenvalue weighted by Crippen LogP contribution is 2.28. The molecule has 126 valence electrons. The average Bonchev–Trinajstić information content (AvgIpc) is 3.39. The van der Waals surface area contributed by atoms with Gasteiger partial charge in [0.2, 0.25) is 5.91 Å². The lowest BCUT2D eigenvalue weighted by Crippen LogP contribution is -2.42. The van der Waals surface area contributed by atoms with Gasteiger partial charge in [-0.25, -0.2) is 0 Å². The van der Waals surface area contributed by atoms with E-state index in [1.54, 1.807) is 7.05 Å². The molecule has 1 amide bonds. The van der Waals surface area contributed by atoms with Crippen LogP contribution in [0.2, 0.25) is 0 Å². The number of aliphatic imine (C=N–C) groups is 1. The lowest BCUT2D eigenvalue weighted by Gasteiger charge is -2.16. The molecule has 1 aromatic carbocycles. The third-order valence-electron chi connectivity index (χ3n) is 4.11. The molecule has 0 aliphatic heterocycles. The Kier molecular flexibility index (Phi) is 6.44. The second-order valence-electron chi connectivity index (χ2n) is 6.26. The Bertz CT molecular complexity index is 534. The Morgan fingerprint density at radius 2 is 1.83 bits per heavy atom. The number of carbonyl (C=O) groups is 1. The van der Waals surface area contributed by atoms with Crippen LogP contribution in [0, 0.1) is 12.8 Å². The van der Waals surface area contributed by atoms with Gasteiger partial charge in [0.25, 0.3) is 0 Å². The second kappa shape index (κ2) is 8.56. The first kappa shape index (κ1) is 17.3. The van der Waals surface area contributed by atoms with E-state index in [1.165, 1.54) is 11.1 Å². The van der Waals surface area contributed by atoms with Crippen LogP contribution in [0.4, 0.5) is 0 Å².